The van der Waals surface area contributed by atoms with Gasteiger partial charge < -0.3 is 10.1 Å². The zero-order valence-corrected chi connectivity index (χ0v) is 16.3. The Morgan fingerprint density at radius 2 is 1.62 bits per heavy atom. The van der Waals surface area contributed by atoms with E-state index in [0.29, 0.717) is 5.69 Å². The molecule has 26 heavy (non-hydrogen) atoms. The molecule has 0 atom stereocenters. The molecule has 0 fully saturated rings. The van der Waals surface area contributed by atoms with Crippen molar-refractivity contribution in [1.29, 1.82) is 0 Å². The Kier molecular flexibility index (Phi) is 5.47. The van der Waals surface area contributed by atoms with Crippen molar-refractivity contribution in [3.8, 4) is 16.2 Å². The van der Waals surface area contributed by atoms with E-state index in [-0.39, 0.29) is 17.7 Å². The third kappa shape index (κ3) is 3.99. The van der Waals surface area contributed by atoms with Crippen LogP contribution in [0.1, 0.15) is 33.7 Å². The Bertz CT molecular complexity index is 909. The van der Waals surface area contributed by atoms with Crippen molar-refractivity contribution in [2.75, 3.05) is 5.32 Å². The number of nitrogens with zero attached hydrogens (tertiary/aromatic N) is 1. The average Bonchev–Trinajstić information content (AvgIpc) is 2.94. The van der Waals surface area contributed by atoms with Crippen LogP contribution in [0.15, 0.2) is 59.4 Å². The second-order valence-corrected chi connectivity index (χ2v) is 7.69. The summed E-state index contributed by atoms with van der Waals surface area (Å²) in [4.78, 5) is 13.9. The van der Waals surface area contributed by atoms with Crippen LogP contribution in [0, 0.1) is 0 Å². The molecule has 0 unspecified atom stereocenters. The van der Waals surface area contributed by atoms with Gasteiger partial charge in [-0.2, -0.15) is 0 Å². The summed E-state index contributed by atoms with van der Waals surface area (Å²) in [7, 11) is 0. The topological polar surface area (TPSA) is 43.3 Å². The third-order valence-electron chi connectivity index (χ3n) is 3.83. The predicted octanol–water partition coefficient (Wildman–Crippen LogP) is 5.69. The van der Waals surface area contributed by atoms with Gasteiger partial charge in [-0.25, -0.2) is 0 Å². The molecule has 0 saturated heterocycles. The van der Waals surface area contributed by atoms with Crippen molar-refractivity contribution in [2.45, 2.75) is 39.8 Å². The van der Waals surface area contributed by atoms with Gasteiger partial charge >= 0.3 is 0 Å². The first kappa shape index (κ1) is 18.3. The molecule has 0 saturated carbocycles. The molecule has 0 amide bonds. The summed E-state index contributed by atoms with van der Waals surface area (Å²) >= 11 is 1.50. The van der Waals surface area contributed by atoms with Crippen LogP contribution < -0.4 is 15.6 Å². The first-order chi connectivity index (χ1) is 12.5. The second-order valence-electron chi connectivity index (χ2n) is 6.70. The first-order valence-corrected chi connectivity index (χ1v) is 9.58. The lowest BCUT2D eigenvalue weighted by Crippen LogP contribution is -2.17. The van der Waals surface area contributed by atoms with Crippen molar-refractivity contribution in [3.63, 3.8) is 0 Å². The monoisotopic (exact) mass is 368 g/mol. The normalized spacial score (nSPS) is 11.2. The van der Waals surface area contributed by atoms with E-state index in [2.05, 4.69) is 5.32 Å². The maximum atomic E-state index is 12.9. The molecule has 0 aliphatic carbocycles. The van der Waals surface area contributed by atoms with E-state index in [1.807, 2.05) is 82.3 Å². The molecule has 0 bridgehead atoms. The molecular formula is C21H24N2O2S. The van der Waals surface area contributed by atoms with E-state index in [1.165, 1.54) is 11.5 Å². The lowest BCUT2D eigenvalue weighted by molar-refractivity contribution is 0.242. The number of hydrogen-bond acceptors (Lipinski definition) is 4. The molecular weight excluding hydrogens is 344 g/mol. The summed E-state index contributed by atoms with van der Waals surface area (Å²) in [5.74, 6) is 0.818. The van der Waals surface area contributed by atoms with Crippen LogP contribution in [-0.4, -0.2) is 10.1 Å². The van der Waals surface area contributed by atoms with E-state index in [9.17, 15) is 4.79 Å². The second kappa shape index (κ2) is 7.79. The van der Waals surface area contributed by atoms with Gasteiger partial charge in [-0.1, -0.05) is 41.9 Å². The quantitative estimate of drug-likeness (QED) is 0.608. The lowest BCUT2D eigenvalue weighted by Gasteiger charge is -2.11. The van der Waals surface area contributed by atoms with Crippen molar-refractivity contribution >= 4 is 22.9 Å². The SMILES string of the molecule is CC(C)Oc1ccc(Nc2c(-c3ccccc3)sn(C(C)C)c2=O)cc1. The summed E-state index contributed by atoms with van der Waals surface area (Å²) in [6, 6.07) is 17.8. The molecule has 0 spiro atoms. The van der Waals surface area contributed by atoms with E-state index < -0.39 is 0 Å². The molecule has 1 aromatic heterocycles. The lowest BCUT2D eigenvalue weighted by atomic mass is 10.1. The average molecular weight is 369 g/mol. The van der Waals surface area contributed by atoms with Crippen molar-refractivity contribution < 1.29 is 4.74 Å². The van der Waals surface area contributed by atoms with Crippen LogP contribution in [0.4, 0.5) is 11.4 Å². The molecule has 136 valence electrons. The number of nitrogens with one attached hydrogen (secondary N) is 1. The van der Waals surface area contributed by atoms with Gasteiger partial charge in [0.1, 0.15) is 11.4 Å². The Morgan fingerprint density at radius 3 is 2.19 bits per heavy atom. The fraction of sp³-hybridized carbons (Fsp3) is 0.286. The fourth-order valence-electron chi connectivity index (χ4n) is 2.66. The molecule has 0 aliphatic heterocycles. The Labute approximate surface area is 158 Å². The van der Waals surface area contributed by atoms with Crippen LogP contribution in [0.25, 0.3) is 10.4 Å². The highest BCUT2D eigenvalue weighted by Crippen LogP contribution is 2.33. The largest absolute Gasteiger partial charge is 0.491 e. The fourth-order valence-corrected chi connectivity index (χ4v) is 3.72. The van der Waals surface area contributed by atoms with Gasteiger partial charge in [-0.05, 0) is 57.5 Å². The van der Waals surface area contributed by atoms with Gasteiger partial charge in [0.15, 0.2) is 0 Å². The minimum absolute atomic E-state index is 0.00589. The zero-order valence-electron chi connectivity index (χ0n) is 15.5. The number of benzene rings is 2. The predicted molar refractivity (Wildman–Crippen MR) is 110 cm³/mol. The first-order valence-electron chi connectivity index (χ1n) is 8.80. The van der Waals surface area contributed by atoms with Crippen molar-refractivity contribution in [1.82, 2.24) is 3.96 Å². The highest BCUT2D eigenvalue weighted by atomic mass is 32.1. The Morgan fingerprint density at radius 1 is 0.962 bits per heavy atom. The van der Waals surface area contributed by atoms with Gasteiger partial charge in [-0.3, -0.25) is 8.75 Å². The van der Waals surface area contributed by atoms with Crippen LogP contribution in [-0.2, 0) is 0 Å². The number of hydrogen-bond donors (Lipinski definition) is 1. The maximum absolute atomic E-state index is 12.9. The third-order valence-corrected chi connectivity index (χ3v) is 5.24. The number of ether oxygens (including phenoxy) is 1. The molecule has 5 heteroatoms. The van der Waals surface area contributed by atoms with Crippen LogP contribution >= 0.6 is 11.5 Å². The van der Waals surface area contributed by atoms with Crippen LogP contribution in [0.3, 0.4) is 0 Å². The van der Waals surface area contributed by atoms with Gasteiger partial charge in [0.2, 0.25) is 0 Å². The molecule has 2 aromatic carbocycles. The van der Waals surface area contributed by atoms with Crippen LogP contribution in [0.5, 0.6) is 5.75 Å². The molecule has 3 aromatic rings. The molecule has 4 nitrogen and oxygen atoms in total. The van der Waals surface area contributed by atoms with Crippen LogP contribution in [0.2, 0.25) is 0 Å². The van der Waals surface area contributed by atoms with E-state index in [0.717, 1.165) is 21.9 Å². The molecule has 0 aliphatic rings. The number of anilines is 2. The molecule has 1 N–H and O–H groups in total. The minimum Gasteiger partial charge on any atom is -0.491 e. The highest BCUT2D eigenvalue weighted by Gasteiger charge is 2.18. The smallest absolute Gasteiger partial charge is 0.285 e. The van der Waals surface area contributed by atoms with E-state index in [4.69, 9.17) is 4.74 Å². The number of aromatic nitrogens is 1. The van der Waals surface area contributed by atoms with Crippen molar-refractivity contribution in [3.05, 3.63) is 65.0 Å². The Hall–Kier alpha value is -2.53. The number of rotatable bonds is 6. The summed E-state index contributed by atoms with van der Waals surface area (Å²) in [5.41, 5.74) is 2.53. The van der Waals surface area contributed by atoms with Gasteiger partial charge in [0.05, 0.1) is 11.0 Å². The minimum atomic E-state index is 0.00589. The van der Waals surface area contributed by atoms with Gasteiger partial charge in [0, 0.05) is 11.7 Å². The Balaban J connectivity index is 1.97. The van der Waals surface area contributed by atoms with Crippen molar-refractivity contribution in [2.24, 2.45) is 0 Å². The standard InChI is InChI=1S/C21H24N2O2S/c1-14(2)23-21(24)19(20(26-23)16-8-6-5-7-9-16)22-17-10-12-18(13-11-17)25-15(3)4/h5-15,22H,1-4H3. The van der Waals surface area contributed by atoms with E-state index in [1.54, 1.807) is 3.96 Å². The zero-order chi connectivity index (χ0) is 18.7. The van der Waals surface area contributed by atoms with E-state index >= 15 is 0 Å². The molecule has 1 heterocycles. The van der Waals surface area contributed by atoms with Gasteiger partial charge in [-0.15, -0.1) is 0 Å². The summed E-state index contributed by atoms with van der Waals surface area (Å²) in [6.07, 6.45) is 0.133. The summed E-state index contributed by atoms with van der Waals surface area (Å²) in [5, 5.41) is 3.32. The summed E-state index contributed by atoms with van der Waals surface area (Å²) < 4.78 is 7.49. The molecule has 0 radical (unpaired) electrons. The molecule has 3 rings (SSSR count). The van der Waals surface area contributed by atoms with Gasteiger partial charge in [0.25, 0.3) is 5.56 Å². The maximum Gasteiger partial charge on any atom is 0.285 e. The highest BCUT2D eigenvalue weighted by molar-refractivity contribution is 7.11. The summed E-state index contributed by atoms with van der Waals surface area (Å²) in [6.45, 7) is 8.04.